The molecule has 0 atom stereocenters. The molecule has 124 valence electrons. The second kappa shape index (κ2) is 6.88. The summed E-state index contributed by atoms with van der Waals surface area (Å²) < 4.78 is 1.67. The number of rotatable bonds is 4. The van der Waals surface area contributed by atoms with Crippen molar-refractivity contribution in [2.45, 2.75) is 20.4 Å². The van der Waals surface area contributed by atoms with Crippen LogP contribution >= 0.6 is 11.6 Å². The van der Waals surface area contributed by atoms with Crippen LogP contribution in [-0.2, 0) is 6.54 Å². The predicted octanol–water partition coefficient (Wildman–Crippen LogP) is 3.18. The van der Waals surface area contributed by atoms with E-state index in [0.29, 0.717) is 23.9 Å². The maximum Gasteiger partial charge on any atom is 0.315 e. The zero-order chi connectivity index (χ0) is 17.1. The van der Waals surface area contributed by atoms with Gasteiger partial charge in [0.25, 0.3) is 0 Å². The molecule has 0 radical (unpaired) electrons. The van der Waals surface area contributed by atoms with Crippen LogP contribution in [-0.4, -0.2) is 27.2 Å². The van der Waals surface area contributed by atoms with Crippen LogP contribution in [0.3, 0.4) is 0 Å². The van der Waals surface area contributed by atoms with Gasteiger partial charge in [-0.15, -0.1) is 0 Å². The van der Waals surface area contributed by atoms with E-state index in [1.54, 1.807) is 10.6 Å². The number of hydrogen-bond donors (Lipinski definition) is 2. The number of hydrogen-bond acceptors (Lipinski definition) is 3. The topological polar surface area (TPSA) is 71.3 Å². The molecule has 0 saturated heterocycles. The number of urea groups is 1. The SMILES string of the molecule is CCNC(=O)NCc1c(-c2ccc(C)cc2)nc2ccc(Cl)nn12. The van der Waals surface area contributed by atoms with Crippen molar-refractivity contribution < 1.29 is 4.79 Å². The fraction of sp³-hybridized carbons (Fsp3) is 0.235. The summed E-state index contributed by atoms with van der Waals surface area (Å²) in [5, 5.41) is 10.2. The average Bonchev–Trinajstić information content (AvgIpc) is 2.91. The molecule has 7 heteroatoms. The van der Waals surface area contributed by atoms with Crippen molar-refractivity contribution in [2.75, 3.05) is 6.54 Å². The first-order valence-corrected chi connectivity index (χ1v) is 8.09. The molecule has 3 rings (SSSR count). The molecule has 0 aliphatic carbocycles. The van der Waals surface area contributed by atoms with E-state index in [1.807, 2.05) is 44.2 Å². The number of nitrogens with zero attached hydrogens (tertiary/aromatic N) is 3. The van der Waals surface area contributed by atoms with Crippen molar-refractivity contribution in [1.29, 1.82) is 0 Å². The summed E-state index contributed by atoms with van der Waals surface area (Å²) in [6.45, 7) is 4.76. The van der Waals surface area contributed by atoms with E-state index in [9.17, 15) is 4.79 Å². The van der Waals surface area contributed by atoms with Gasteiger partial charge in [0.15, 0.2) is 5.65 Å². The van der Waals surface area contributed by atoms with E-state index in [-0.39, 0.29) is 6.03 Å². The lowest BCUT2D eigenvalue weighted by molar-refractivity contribution is 0.241. The highest BCUT2D eigenvalue weighted by Crippen LogP contribution is 2.25. The van der Waals surface area contributed by atoms with Crippen LogP contribution in [0.4, 0.5) is 4.79 Å². The largest absolute Gasteiger partial charge is 0.338 e. The molecule has 2 heterocycles. The number of carbonyl (C=O) groups excluding carboxylic acids is 1. The van der Waals surface area contributed by atoms with Gasteiger partial charge in [0.05, 0.1) is 17.9 Å². The Hall–Kier alpha value is -2.60. The lowest BCUT2D eigenvalue weighted by Gasteiger charge is -2.08. The fourth-order valence-corrected chi connectivity index (χ4v) is 2.58. The Bertz CT molecular complexity index is 873. The molecule has 0 fully saturated rings. The van der Waals surface area contributed by atoms with Crippen LogP contribution in [0.1, 0.15) is 18.2 Å². The molecular formula is C17H18ClN5O. The molecule has 0 spiro atoms. The smallest absolute Gasteiger partial charge is 0.315 e. The number of amides is 2. The maximum atomic E-state index is 11.7. The molecule has 0 unspecified atom stereocenters. The predicted molar refractivity (Wildman–Crippen MR) is 94.1 cm³/mol. The maximum absolute atomic E-state index is 11.7. The summed E-state index contributed by atoms with van der Waals surface area (Å²) in [5.41, 5.74) is 4.38. The second-order valence-corrected chi connectivity index (χ2v) is 5.80. The highest BCUT2D eigenvalue weighted by Gasteiger charge is 2.16. The number of nitrogens with one attached hydrogen (secondary N) is 2. The Morgan fingerprint density at radius 2 is 1.92 bits per heavy atom. The Morgan fingerprint density at radius 1 is 1.17 bits per heavy atom. The first-order chi connectivity index (χ1) is 11.6. The quantitative estimate of drug-likeness (QED) is 0.764. The minimum atomic E-state index is -0.232. The standard InChI is InChI=1S/C17H18ClN5O/c1-3-19-17(24)20-10-13-16(12-6-4-11(2)5-7-12)21-15-9-8-14(18)22-23(13)15/h4-9H,3,10H2,1-2H3,(H2,19,20,24). The van der Waals surface area contributed by atoms with E-state index in [2.05, 4.69) is 20.7 Å². The van der Waals surface area contributed by atoms with Gasteiger partial charge in [-0.3, -0.25) is 0 Å². The number of halogens is 1. The van der Waals surface area contributed by atoms with Crippen LogP contribution < -0.4 is 10.6 Å². The molecule has 0 bridgehead atoms. The van der Waals surface area contributed by atoms with Crippen LogP contribution in [0.15, 0.2) is 36.4 Å². The molecule has 2 N–H and O–H groups in total. The number of carbonyl (C=O) groups is 1. The molecule has 1 aromatic carbocycles. The number of benzene rings is 1. The second-order valence-electron chi connectivity index (χ2n) is 5.41. The third kappa shape index (κ3) is 3.33. The van der Waals surface area contributed by atoms with E-state index in [1.165, 1.54) is 5.56 Å². The van der Waals surface area contributed by atoms with Gasteiger partial charge < -0.3 is 10.6 Å². The van der Waals surface area contributed by atoms with E-state index < -0.39 is 0 Å². The Kier molecular flexibility index (Phi) is 4.66. The van der Waals surface area contributed by atoms with Gasteiger partial charge in [0, 0.05) is 12.1 Å². The van der Waals surface area contributed by atoms with Gasteiger partial charge in [-0.05, 0) is 26.0 Å². The van der Waals surface area contributed by atoms with Crippen LogP contribution in [0.5, 0.6) is 0 Å². The van der Waals surface area contributed by atoms with Crippen LogP contribution in [0, 0.1) is 6.92 Å². The van der Waals surface area contributed by atoms with Crippen molar-refractivity contribution in [2.24, 2.45) is 0 Å². The minimum absolute atomic E-state index is 0.232. The van der Waals surface area contributed by atoms with Gasteiger partial charge >= 0.3 is 6.03 Å². The summed E-state index contributed by atoms with van der Waals surface area (Å²) >= 11 is 6.02. The van der Waals surface area contributed by atoms with Crippen LogP contribution in [0.2, 0.25) is 5.15 Å². The first-order valence-electron chi connectivity index (χ1n) is 7.71. The highest BCUT2D eigenvalue weighted by atomic mass is 35.5. The molecule has 0 aliphatic rings. The summed E-state index contributed by atoms with van der Waals surface area (Å²) in [6.07, 6.45) is 0. The molecule has 2 amide bonds. The van der Waals surface area contributed by atoms with Gasteiger partial charge in [-0.2, -0.15) is 5.10 Å². The zero-order valence-corrected chi connectivity index (χ0v) is 14.3. The Balaban J connectivity index is 2.05. The fourth-order valence-electron chi connectivity index (χ4n) is 2.44. The van der Waals surface area contributed by atoms with Crippen molar-refractivity contribution in [1.82, 2.24) is 25.2 Å². The zero-order valence-electron chi connectivity index (χ0n) is 13.5. The Morgan fingerprint density at radius 3 is 2.62 bits per heavy atom. The van der Waals surface area contributed by atoms with Gasteiger partial charge in [0.1, 0.15) is 5.15 Å². The summed E-state index contributed by atoms with van der Waals surface area (Å²) in [6, 6.07) is 11.3. The first kappa shape index (κ1) is 16.3. The molecule has 0 aliphatic heterocycles. The lowest BCUT2D eigenvalue weighted by Crippen LogP contribution is -2.35. The highest BCUT2D eigenvalue weighted by molar-refractivity contribution is 6.29. The van der Waals surface area contributed by atoms with Gasteiger partial charge in [-0.25, -0.2) is 14.3 Å². The van der Waals surface area contributed by atoms with Gasteiger partial charge in [0.2, 0.25) is 0 Å². The molecule has 3 aromatic rings. The average molecular weight is 344 g/mol. The third-order valence-corrected chi connectivity index (χ3v) is 3.82. The molecule has 2 aromatic heterocycles. The van der Waals surface area contributed by atoms with Crippen molar-refractivity contribution >= 4 is 23.3 Å². The number of fused-ring (bicyclic) bond motifs is 1. The van der Waals surface area contributed by atoms with E-state index >= 15 is 0 Å². The van der Waals surface area contributed by atoms with Crippen molar-refractivity contribution in [3.05, 3.63) is 52.8 Å². The normalized spacial score (nSPS) is 10.8. The van der Waals surface area contributed by atoms with Crippen LogP contribution in [0.25, 0.3) is 16.9 Å². The van der Waals surface area contributed by atoms with E-state index in [4.69, 9.17) is 11.6 Å². The molecular weight excluding hydrogens is 326 g/mol. The lowest BCUT2D eigenvalue weighted by atomic mass is 10.1. The van der Waals surface area contributed by atoms with Crippen molar-refractivity contribution in [3.8, 4) is 11.3 Å². The molecule has 6 nitrogen and oxygen atoms in total. The molecule has 24 heavy (non-hydrogen) atoms. The third-order valence-electron chi connectivity index (χ3n) is 3.62. The van der Waals surface area contributed by atoms with Crippen molar-refractivity contribution in [3.63, 3.8) is 0 Å². The monoisotopic (exact) mass is 343 g/mol. The summed E-state index contributed by atoms with van der Waals surface area (Å²) in [5.74, 6) is 0. The Labute approximate surface area is 144 Å². The molecule has 0 saturated carbocycles. The summed E-state index contributed by atoms with van der Waals surface area (Å²) in [4.78, 5) is 16.4. The van der Waals surface area contributed by atoms with Gasteiger partial charge in [-0.1, -0.05) is 41.4 Å². The van der Waals surface area contributed by atoms with E-state index in [0.717, 1.165) is 17.0 Å². The number of aryl methyl sites for hydroxylation is 1. The number of aromatic nitrogens is 3. The minimum Gasteiger partial charge on any atom is -0.338 e. The summed E-state index contributed by atoms with van der Waals surface area (Å²) in [7, 11) is 0. The number of imidazole rings is 1.